The average molecular weight is 567 g/mol. The maximum atomic E-state index is 5.90. The van der Waals surface area contributed by atoms with Crippen molar-refractivity contribution < 1.29 is 9.47 Å². The number of halogens is 1. The molecule has 182 valence electrons. The number of ether oxygens (including phenoxy) is 2. The third-order valence-corrected chi connectivity index (χ3v) is 5.93. The van der Waals surface area contributed by atoms with E-state index in [2.05, 4.69) is 76.0 Å². The van der Waals surface area contributed by atoms with Gasteiger partial charge in [0.1, 0.15) is 12.4 Å². The smallest absolute Gasteiger partial charge is 0.191 e. The lowest BCUT2D eigenvalue weighted by Crippen LogP contribution is -2.40. The normalized spacial score (nSPS) is 16.3. The van der Waals surface area contributed by atoms with Crippen LogP contribution in [0, 0.1) is 12.8 Å². The number of hydrogen-bond donors (Lipinski definition) is 2. The third-order valence-electron chi connectivity index (χ3n) is 5.93. The highest BCUT2D eigenvalue weighted by Crippen LogP contribution is 2.20. The molecule has 1 unspecified atom stereocenters. The molecule has 0 radical (unpaired) electrons. The summed E-state index contributed by atoms with van der Waals surface area (Å²) in [5.41, 5.74) is 3.71. The highest BCUT2D eigenvalue weighted by Gasteiger charge is 2.22. The first-order valence-corrected chi connectivity index (χ1v) is 11.6. The van der Waals surface area contributed by atoms with Gasteiger partial charge in [0, 0.05) is 45.9 Å². The Bertz CT molecular complexity index is 847. The fourth-order valence-corrected chi connectivity index (χ4v) is 4.03. The summed E-state index contributed by atoms with van der Waals surface area (Å²) in [5, 5.41) is 6.94. The summed E-state index contributed by atoms with van der Waals surface area (Å²) >= 11 is 0. The van der Waals surface area contributed by atoms with Gasteiger partial charge in [0.25, 0.3) is 0 Å². The number of nitrogens with zero attached hydrogens (tertiary/aromatic N) is 2. The average Bonchev–Trinajstić information content (AvgIpc) is 3.27. The van der Waals surface area contributed by atoms with Gasteiger partial charge >= 0.3 is 0 Å². The van der Waals surface area contributed by atoms with E-state index < -0.39 is 0 Å². The van der Waals surface area contributed by atoms with E-state index in [9.17, 15) is 0 Å². The van der Waals surface area contributed by atoms with Crippen molar-refractivity contribution in [2.75, 3.05) is 53.6 Å². The predicted octanol–water partition coefficient (Wildman–Crippen LogP) is 3.87. The maximum absolute atomic E-state index is 5.90. The summed E-state index contributed by atoms with van der Waals surface area (Å²) in [5.74, 6) is 2.38. The van der Waals surface area contributed by atoms with E-state index in [1.165, 1.54) is 24.1 Å². The first-order valence-electron chi connectivity index (χ1n) is 11.6. The molecule has 33 heavy (non-hydrogen) atoms. The molecule has 1 heterocycles. The van der Waals surface area contributed by atoms with Gasteiger partial charge in [-0.2, -0.15) is 0 Å². The summed E-state index contributed by atoms with van der Waals surface area (Å²) < 4.78 is 11.0. The zero-order valence-electron chi connectivity index (χ0n) is 20.2. The molecule has 2 N–H and O–H groups in total. The van der Waals surface area contributed by atoms with E-state index in [1.54, 1.807) is 7.11 Å². The fourth-order valence-electron chi connectivity index (χ4n) is 4.03. The lowest BCUT2D eigenvalue weighted by atomic mass is 10.1. The Morgan fingerprint density at radius 3 is 2.70 bits per heavy atom. The lowest BCUT2D eigenvalue weighted by Gasteiger charge is -2.18. The molecule has 7 heteroatoms. The van der Waals surface area contributed by atoms with E-state index in [0.717, 1.165) is 43.3 Å². The van der Waals surface area contributed by atoms with Crippen molar-refractivity contribution in [3.63, 3.8) is 0 Å². The van der Waals surface area contributed by atoms with E-state index in [1.807, 2.05) is 7.05 Å². The number of likely N-dealkylation sites (tertiary alicyclic amines) is 1. The van der Waals surface area contributed by atoms with Gasteiger partial charge < -0.3 is 25.0 Å². The molecule has 2 aromatic carbocycles. The molecule has 6 nitrogen and oxygen atoms in total. The zero-order valence-corrected chi connectivity index (χ0v) is 22.5. The first-order chi connectivity index (χ1) is 15.7. The molecule has 1 atom stereocenters. The number of rotatable bonds is 11. The van der Waals surface area contributed by atoms with Gasteiger partial charge in [0.15, 0.2) is 5.96 Å². The molecule has 1 fully saturated rings. The molecule has 1 aliphatic heterocycles. The Morgan fingerprint density at radius 2 is 1.94 bits per heavy atom. The van der Waals surface area contributed by atoms with Gasteiger partial charge in [-0.1, -0.05) is 42.5 Å². The highest BCUT2D eigenvalue weighted by molar-refractivity contribution is 14.0. The Morgan fingerprint density at radius 1 is 1.12 bits per heavy atom. The topological polar surface area (TPSA) is 58.1 Å². The largest absolute Gasteiger partial charge is 0.491 e. The number of hydrogen-bond acceptors (Lipinski definition) is 4. The van der Waals surface area contributed by atoms with Crippen LogP contribution in [0.4, 0.5) is 0 Å². The fraction of sp³-hybridized carbons (Fsp3) is 0.500. The second-order valence-electron chi connectivity index (χ2n) is 8.45. The van der Waals surface area contributed by atoms with E-state index in [0.29, 0.717) is 25.7 Å². The highest BCUT2D eigenvalue weighted by atomic mass is 127. The monoisotopic (exact) mass is 566 g/mol. The van der Waals surface area contributed by atoms with Crippen LogP contribution in [0.5, 0.6) is 5.75 Å². The van der Waals surface area contributed by atoms with Crippen LogP contribution in [0.1, 0.15) is 23.1 Å². The third kappa shape index (κ3) is 9.51. The van der Waals surface area contributed by atoms with Gasteiger partial charge in [-0.3, -0.25) is 4.99 Å². The molecule has 0 aliphatic carbocycles. The van der Waals surface area contributed by atoms with E-state index in [4.69, 9.17) is 9.47 Å². The molecule has 1 aliphatic rings. The van der Waals surface area contributed by atoms with Gasteiger partial charge in [0.2, 0.25) is 0 Å². The summed E-state index contributed by atoms with van der Waals surface area (Å²) in [7, 11) is 3.51. The summed E-state index contributed by atoms with van der Waals surface area (Å²) in [4.78, 5) is 6.98. The van der Waals surface area contributed by atoms with E-state index in [-0.39, 0.29) is 24.0 Å². The van der Waals surface area contributed by atoms with Crippen molar-refractivity contribution >= 4 is 29.9 Å². The minimum atomic E-state index is 0. The van der Waals surface area contributed by atoms with Crippen molar-refractivity contribution in [1.29, 1.82) is 0 Å². The number of benzene rings is 2. The molecule has 1 saturated heterocycles. The SMILES string of the molecule is CN=C(NCc1ccc(C)cc1OCCOC)NCC1CCN(CCc2ccccc2)C1.I. The zero-order chi connectivity index (χ0) is 22.6. The molecule has 2 aromatic rings. The minimum Gasteiger partial charge on any atom is -0.491 e. The Balaban J connectivity index is 0.00000385. The van der Waals surface area contributed by atoms with Crippen LogP contribution >= 0.6 is 24.0 Å². The maximum Gasteiger partial charge on any atom is 0.191 e. The number of aliphatic imine (C=N–C) groups is 1. The lowest BCUT2D eigenvalue weighted by molar-refractivity contribution is 0.145. The van der Waals surface area contributed by atoms with Gasteiger partial charge in [-0.25, -0.2) is 0 Å². The molecule has 3 rings (SSSR count). The van der Waals surface area contributed by atoms with Crippen LogP contribution < -0.4 is 15.4 Å². The van der Waals surface area contributed by atoms with Crippen molar-refractivity contribution in [3.8, 4) is 5.75 Å². The molecular formula is C26H39IN4O2. The number of methoxy groups -OCH3 is 1. The molecule has 0 amide bonds. The first kappa shape index (κ1) is 27.4. The van der Waals surface area contributed by atoms with Crippen molar-refractivity contribution in [1.82, 2.24) is 15.5 Å². The van der Waals surface area contributed by atoms with Crippen molar-refractivity contribution in [3.05, 3.63) is 65.2 Å². The van der Waals surface area contributed by atoms with Crippen molar-refractivity contribution in [2.45, 2.75) is 26.3 Å². The van der Waals surface area contributed by atoms with Crippen LogP contribution in [-0.4, -0.2) is 64.4 Å². The van der Waals surface area contributed by atoms with Crippen LogP contribution in [0.25, 0.3) is 0 Å². The summed E-state index contributed by atoms with van der Waals surface area (Å²) in [6, 6.07) is 17.0. The molecule has 0 bridgehead atoms. The van der Waals surface area contributed by atoms with Gasteiger partial charge in [0.05, 0.1) is 6.61 Å². The standard InChI is InChI=1S/C26H38N4O2.HI/c1-21-9-10-24(25(17-21)32-16-15-31-3)19-29-26(27-2)28-18-23-12-14-30(20-23)13-11-22-7-5-4-6-8-22;/h4-10,17,23H,11-16,18-20H2,1-3H3,(H2,27,28,29);1H. The second kappa shape index (κ2) is 15.1. The Labute approximate surface area is 216 Å². The van der Waals surface area contributed by atoms with E-state index >= 15 is 0 Å². The van der Waals surface area contributed by atoms with Crippen LogP contribution in [0.2, 0.25) is 0 Å². The van der Waals surface area contributed by atoms with Crippen molar-refractivity contribution in [2.24, 2.45) is 10.9 Å². The number of aryl methyl sites for hydroxylation is 1. The number of nitrogens with one attached hydrogen (secondary N) is 2. The molecule has 0 spiro atoms. The van der Waals surface area contributed by atoms with Gasteiger partial charge in [-0.15, -0.1) is 24.0 Å². The second-order valence-corrected chi connectivity index (χ2v) is 8.45. The summed E-state index contributed by atoms with van der Waals surface area (Å²) in [6.07, 6.45) is 2.35. The molecule has 0 saturated carbocycles. The quantitative estimate of drug-likeness (QED) is 0.187. The Hall–Kier alpha value is -1.84. The molecular weight excluding hydrogens is 527 g/mol. The van der Waals surface area contributed by atoms with Crippen LogP contribution in [0.15, 0.2) is 53.5 Å². The van der Waals surface area contributed by atoms with Crippen LogP contribution in [0.3, 0.4) is 0 Å². The Kier molecular flexibility index (Phi) is 12.6. The van der Waals surface area contributed by atoms with Crippen LogP contribution in [-0.2, 0) is 17.7 Å². The molecule has 0 aromatic heterocycles. The number of guanidine groups is 1. The predicted molar refractivity (Wildman–Crippen MR) is 147 cm³/mol. The van der Waals surface area contributed by atoms with Gasteiger partial charge in [-0.05, 0) is 49.4 Å². The minimum absolute atomic E-state index is 0. The summed E-state index contributed by atoms with van der Waals surface area (Å²) in [6.45, 7) is 8.25.